The van der Waals surface area contributed by atoms with Crippen LogP contribution in [0.1, 0.15) is 5.56 Å². The lowest BCUT2D eigenvalue weighted by Crippen LogP contribution is -2.49. The van der Waals surface area contributed by atoms with E-state index in [0.717, 1.165) is 48.9 Å². The summed E-state index contributed by atoms with van der Waals surface area (Å²) in [5, 5.41) is 0. The number of hydrogen-bond donors (Lipinski definition) is 0. The number of para-hydroxylation sites is 1. The zero-order valence-electron chi connectivity index (χ0n) is 15.8. The fourth-order valence-electron chi connectivity index (χ4n) is 3.45. The highest BCUT2D eigenvalue weighted by molar-refractivity contribution is 5.79. The number of piperazine rings is 1. The molecular weight excluding hydrogens is 348 g/mol. The minimum Gasteiger partial charge on any atom is -0.457 e. The Morgan fingerprint density at radius 2 is 1.29 bits per heavy atom. The van der Waals surface area contributed by atoms with Crippen molar-refractivity contribution in [2.24, 2.45) is 0 Å². The molecule has 1 aliphatic rings. The van der Waals surface area contributed by atoms with Crippen LogP contribution in [0.5, 0.6) is 11.5 Å². The Balaban J connectivity index is 1.30. The summed E-state index contributed by atoms with van der Waals surface area (Å²) >= 11 is 0. The molecule has 0 unspecified atom stereocenters. The average Bonchev–Trinajstić information content (AvgIpc) is 2.76. The molecule has 1 heterocycles. The van der Waals surface area contributed by atoms with Crippen molar-refractivity contribution in [2.45, 2.75) is 6.42 Å². The third-order valence-corrected chi connectivity index (χ3v) is 5.01. The van der Waals surface area contributed by atoms with Gasteiger partial charge < -0.3 is 14.5 Å². The number of nitrogens with zero attached hydrogens (tertiary/aromatic N) is 2. The molecule has 0 N–H and O–H groups in total. The first-order valence-corrected chi connectivity index (χ1v) is 9.67. The molecular formula is C24H24N2O2. The van der Waals surface area contributed by atoms with Gasteiger partial charge in [-0.1, -0.05) is 48.5 Å². The molecule has 0 spiro atoms. The molecule has 142 valence electrons. The molecule has 0 aromatic heterocycles. The molecule has 0 bridgehead atoms. The lowest BCUT2D eigenvalue weighted by Gasteiger charge is -2.36. The van der Waals surface area contributed by atoms with E-state index < -0.39 is 0 Å². The van der Waals surface area contributed by atoms with Crippen LogP contribution in [0.15, 0.2) is 84.9 Å². The van der Waals surface area contributed by atoms with E-state index in [0.29, 0.717) is 6.42 Å². The minimum atomic E-state index is 0.206. The van der Waals surface area contributed by atoms with Gasteiger partial charge in [-0.15, -0.1) is 0 Å². The Morgan fingerprint density at radius 1 is 0.714 bits per heavy atom. The number of ether oxygens (including phenoxy) is 1. The van der Waals surface area contributed by atoms with Crippen molar-refractivity contribution in [3.8, 4) is 11.5 Å². The normalized spacial score (nSPS) is 14.0. The molecule has 4 nitrogen and oxygen atoms in total. The molecule has 3 aromatic carbocycles. The Hall–Kier alpha value is -3.27. The van der Waals surface area contributed by atoms with Crippen LogP contribution in [0.25, 0.3) is 0 Å². The Labute approximate surface area is 166 Å². The van der Waals surface area contributed by atoms with E-state index in [9.17, 15) is 4.79 Å². The molecule has 0 radical (unpaired) electrons. The van der Waals surface area contributed by atoms with Gasteiger partial charge >= 0.3 is 0 Å². The van der Waals surface area contributed by atoms with Gasteiger partial charge in [0.15, 0.2) is 0 Å². The van der Waals surface area contributed by atoms with Crippen LogP contribution >= 0.6 is 0 Å². The van der Waals surface area contributed by atoms with E-state index in [2.05, 4.69) is 17.0 Å². The van der Waals surface area contributed by atoms with Crippen LogP contribution in [0.4, 0.5) is 5.69 Å². The van der Waals surface area contributed by atoms with Crippen molar-refractivity contribution in [1.82, 2.24) is 4.90 Å². The average molecular weight is 372 g/mol. The number of carbonyl (C=O) groups excluding carboxylic acids is 1. The van der Waals surface area contributed by atoms with Gasteiger partial charge in [-0.25, -0.2) is 0 Å². The Kier molecular flexibility index (Phi) is 5.57. The fourth-order valence-corrected chi connectivity index (χ4v) is 3.45. The summed E-state index contributed by atoms with van der Waals surface area (Å²) in [6.45, 7) is 3.21. The predicted octanol–water partition coefficient (Wildman–Crippen LogP) is 4.37. The van der Waals surface area contributed by atoms with Crippen molar-refractivity contribution in [3.05, 3.63) is 90.5 Å². The fraction of sp³-hybridized carbons (Fsp3) is 0.208. The van der Waals surface area contributed by atoms with Gasteiger partial charge in [-0.05, 0) is 42.0 Å². The molecule has 0 atom stereocenters. The molecule has 0 saturated carbocycles. The monoisotopic (exact) mass is 372 g/mol. The first kappa shape index (κ1) is 18.1. The van der Waals surface area contributed by atoms with Gasteiger partial charge in [-0.3, -0.25) is 4.79 Å². The molecule has 4 heteroatoms. The third kappa shape index (κ3) is 4.52. The number of benzene rings is 3. The molecule has 28 heavy (non-hydrogen) atoms. The van der Waals surface area contributed by atoms with Crippen LogP contribution in [0, 0.1) is 0 Å². The lowest BCUT2D eigenvalue weighted by atomic mass is 10.1. The van der Waals surface area contributed by atoms with E-state index in [1.807, 2.05) is 77.7 Å². The second kappa shape index (κ2) is 8.61. The standard InChI is InChI=1S/C24H24N2O2/c27-24(19-20-7-3-1-4-8-20)26-17-15-25(16-18-26)21-11-13-23(14-12-21)28-22-9-5-2-6-10-22/h1-14H,15-19H2. The second-order valence-corrected chi connectivity index (χ2v) is 6.94. The van der Waals surface area contributed by atoms with E-state index in [1.165, 1.54) is 0 Å². The van der Waals surface area contributed by atoms with Gasteiger partial charge in [0, 0.05) is 31.9 Å². The van der Waals surface area contributed by atoms with E-state index >= 15 is 0 Å². The summed E-state index contributed by atoms with van der Waals surface area (Å²) in [6, 6.07) is 27.9. The van der Waals surface area contributed by atoms with Gasteiger partial charge in [0.2, 0.25) is 5.91 Å². The zero-order valence-corrected chi connectivity index (χ0v) is 15.8. The number of rotatable bonds is 5. The number of amides is 1. The van der Waals surface area contributed by atoms with E-state index in [4.69, 9.17) is 4.74 Å². The van der Waals surface area contributed by atoms with Crippen LogP contribution in [-0.2, 0) is 11.2 Å². The lowest BCUT2D eigenvalue weighted by molar-refractivity contribution is -0.130. The van der Waals surface area contributed by atoms with Crippen molar-refractivity contribution < 1.29 is 9.53 Å². The predicted molar refractivity (Wildman–Crippen MR) is 112 cm³/mol. The van der Waals surface area contributed by atoms with E-state index in [-0.39, 0.29) is 5.91 Å². The van der Waals surface area contributed by atoms with Gasteiger partial charge in [-0.2, -0.15) is 0 Å². The summed E-state index contributed by atoms with van der Waals surface area (Å²) in [4.78, 5) is 16.8. The highest BCUT2D eigenvalue weighted by Gasteiger charge is 2.21. The van der Waals surface area contributed by atoms with Crippen LogP contribution in [-0.4, -0.2) is 37.0 Å². The van der Waals surface area contributed by atoms with Gasteiger partial charge in [0.05, 0.1) is 6.42 Å². The van der Waals surface area contributed by atoms with Crippen molar-refractivity contribution in [1.29, 1.82) is 0 Å². The molecule has 1 aliphatic heterocycles. The van der Waals surface area contributed by atoms with Crippen LogP contribution in [0.2, 0.25) is 0 Å². The molecule has 0 aliphatic carbocycles. The largest absolute Gasteiger partial charge is 0.457 e. The van der Waals surface area contributed by atoms with E-state index in [1.54, 1.807) is 0 Å². The maximum absolute atomic E-state index is 12.5. The number of anilines is 1. The summed E-state index contributed by atoms with van der Waals surface area (Å²) in [5.41, 5.74) is 2.24. The summed E-state index contributed by atoms with van der Waals surface area (Å²) in [6.07, 6.45) is 0.479. The molecule has 1 amide bonds. The molecule has 4 rings (SSSR count). The SMILES string of the molecule is O=C(Cc1ccccc1)N1CCN(c2ccc(Oc3ccccc3)cc2)CC1. The third-order valence-electron chi connectivity index (χ3n) is 5.01. The Morgan fingerprint density at radius 3 is 1.93 bits per heavy atom. The smallest absolute Gasteiger partial charge is 0.227 e. The van der Waals surface area contributed by atoms with Gasteiger partial charge in [0.1, 0.15) is 11.5 Å². The number of carbonyl (C=O) groups is 1. The summed E-state index contributed by atoms with van der Waals surface area (Å²) in [7, 11) is 0. The highest BCUT2D eigenvalue weighted by atomic mass is 16.5. The quantitative estimate of drug-likeness (QED) is 0.667. The van der Waals surface area contributed by atoms with Crippen molar-refractivity contribution >= 4 is 11.6 Å². The first-order valence-electron chi connectivity index (χ1n) is 9.67. The maximum Gasteiger partial charge on any atom is 0.227 e. The summed E-state index contributed by atoms with van der Waals surface area (Å²) in [5.74, 6) is 1.87. The first-order chi connectivity index (χ1) is 13.8. The topological polar surface area (TPSA) is 32.8 Å². The molecule has 1 saturated heterocycles. The van der Waals surface area contributed by atoms with Crippen LogP contribution < -0.4 is 9.64 Å². The minimum absolute atomic E-state index is 0.206. The highest BCUT2D eigenvalue weighted by Crippen LogP contribution is 2.25. The second-order valence-electron chi connectivity index (χ2n) is 6.94. The van der Waals surface area contributed by atoms with Crippen molar-refractivity contribution in [3.63, 3.8) is 0 Å². The molecule has 1 fully saturated rings. The Bertz CT molecular complexity index is 887. The zero-order chi connectivity index (χ0) is 19.2. The van der Waals surface area contributed by atoms with Crippen LogP contribution in [0.3, 0.4) is 0 Å². The summed E-state index contributed by atoms with van der Waals surface area (Å²) < 4.78 is 5.85. The number of hydrogen-bond acceptors (Lipinski definition) is 3. The molecule has 3 aromatic rings. The van der Waals surface area contributed by atoms with Gasteiger partial charge in [0.25, 0.3) is 0 Å². The van der Waals surface area contributed by atoms with Crippen molar-refractivity contribution in [2.75, 3.05) is 31.1 Å². The maximum atomic E-state index is 12.5.